The van der Waals surface area contributed by atoms with Crippen LogP contribution in [0.25, 0.3) is 10.9 Å². The zero-order chi connectivity index (χ0) is 21.7. The number of aromatic carboxylic acids is 1. The third-order valence-corrected chi connectivity index (χ3v) is 5.69. The molecule has 2 aromatic rings. The maximum atomic E-state index is 14.7. The zero-order valence-electron chi connectivity index (χ0n) is 17.9. The van der Waals surface area contributed by atoms with E-state index < -0.39 is 17.2 Å². The fourth-order valence-corrected chi connectivity index (χ4v) is 3.76. The Kier molecular flexibility index (Phi) is 7.48. The number of hydrogen-bond donors (Lipinski definition) is 2. The Labute approximate surface area is 176 Å². The van der Waals surface area contributed by atoms with Crippen LogP contribution < -0.4 is 10.7 Å². The Morgan fingerprint density at radius 3 is 2.43 bits per heavy atom. The molecule has 3 rings (SSSR count). The van der Waals surface area contributed by atoms with Crippen LogP contribution in [0.1, 0.15) is 68.8 Å². The van der Waals surface area contributed by atoms with Crippen molar-refractivity contribution in [2.45, 2.75) is 58.4 Å². The molecule has 0 unspecified atom stereocenters. The van der Waals surface area contributed by atoms with Gasteiger partial charge in [-0.15, -0.1) is 0 Å². The fraction of sp³-hybridized carbons (Fsp3) is 0.565. The van der Waals surface area contributed by atoms with Crippen LogP contribution in [-0.4, -0.2) is 46.7 Å². The monoisotopic (exact) mass is 417 g/mol. The molecule has 0 radical (unpaired) electrons. The molecule has 1 fully saturated rings. The van der Waals surface area contributed by atoms with E-state index >= 15 is 0 Å². The van der Waals surface area contributed by atoms with E-state index in [0.717, 1.165) is 58.2 Å². The van der Waals surface area contributed by atoms with E-state index in [4.69, 9.17) is 0 Å². The second-order valence-electron chi connectivity index (χ2n) is 8.14. The summed E-state index contributed by atoms with van der Waals surface area (Å²) in [5.41, 5.74) is -0.00214. The molecule has 1 aromatic carbocycles. The van der Waals surface area contributed by atoms with Crippen molar-refractivity contribution >= 4 is 22.6 Å². The number of halogens is 1. The first-order valence-corrected chi connectivity index (χ1v) is 11.0. The lowest BCUT2D eigenvalue weighted by molar-refractivity contribution is 0.0695. The van der Waals surface area contributed by atoms with Gasteiger partial charge in [0.05, 0.1) is 11.2 Å². The van der Waals surface area contributed by atoms with Gasteiger partial charge < -0.3 is 19.9 Å². The van der Waals surface area contributed by atoms with Crippen molar-refractivity contribution in [1.82, 2.24) is 9.47 Å². The van der Waals surface area contributed by atoms with Gasteiger partial charge in [0.25, 0.3) is 0 Å². The molecular weight excluding hydrogens is 385 g/mol. The molecule has 6 nitrogen and oxygen atoms in total. The van der Waals surface area contributed by atoms with E-state index in [-0.39, 0.29) is 17.0 Å². The number of hydrogen-bond acceptors (Lipinski definition) is 4. The van der Waals surface area contributed by atoms with Gasteiger partial charge in [-0.25, -0.2) is 9.18 Å². The van der Waals surface area contributed by atoms with Crippen LogP contribution in [0.5, 0.6) is 0 Å². The summed E-state index contributed by atoms with van der Waals surface area (Å²) in [6.45, 7) is 7.86. The molecule has 1 heterocycles. The van der Waals surface area contributed by atoms with Gasteiger partial charge in [-0.3, -0.25) is 4.79 Å². The molecule has 164 valence electrons. The Balaban J connectivity index is 1.82. The summed E-state index contributed by atoms with van der Waals surface area (Å²) in [4.78, 5) is 26.4. The topological polar surface area (TPSA) is 74.6 Å². The maximum Gasteiger partial charge on any atom is 0.341 e. The summed E-state index contributed by atoms with van der Waals surface area (Å²) in [5, 5.41) is 12.6. The van der Waals surface area contributed by atoms with E-state index in [1.807, 2.05) is 4.57 Å². The lowest BCUT2D eigenvalue weighted by atomic mass is 10.1. The first kappa shape index (κ1) is 22.3. The summed E-state index contributed by atoms with van der Waals surface area (Å²) in [6, 6.07) is 3.00. The molecule has 0 atom stereocenters. The van der Waals surface area contributed by atoms with Gasteiger partial charge in [-0.1, -0.05) is 26.7 Å². The van der Waals surface area contributed by atoms with Crippen LogP contribution in [0.15, 0.2) is 23.1 Å². The van der Waals surface area contributed by atoms with Crippen molar-refractivity contribution in [1.29, 1.82) is 0 Å². The van der Waals surface area contributed by atoms with Crippen molar-refractivity contribution in [3.63, 3.8) is 0 Å². The zero-order valence-corrected chi connectivity index (χ0v) is 17.9. The molecular formula is C23H32FN3O3. The van der Waals surface area contributed by atoms with Crippen LogP contribution >= 0.6 is 0 Å². The highest BCUT2D eigenvalue weighted by Crippen LogP contribution is 2.37. The quantitative estimate of drug-likeness (QED) is 0.532. The lowest BCUT2D eigenvalue weighted by Crippen LogP contribution is -2.31. The highest BCUT2D eigenvalue weighted by atomic mass is 19.1. The molecule has 0 bridgehead atoms. The van der Waals surface area contributed by atoms with E-state index in [0.29, 0.717) is 17.7 Å². The molecule has 0 amide bonds. The smallest absolute Gasteiger partial charge is 0.341 e. The Bertz CT molecular complexity index is 945. The average Bonchev–Trinajstić information content (AvgIpc) is 3.55. The predicted octanol–water partition coefficient (Wildman–Crippen LogP) is 4.49. The minimum atomic E-state index is -1.28. The molecule has 30 heavy (non-hydrogen) atoms. The van der Waals surface area contributed by atoms with Crippen molar-refractivity contribution in [2.24, 2.45) is 0 Å². The van der Waals surface area contributed by atoms with Gasteiger partial charge in [0.15, 0.2) is 0 Å². The molecule has 0 saturated heterocycles. The van der Waals surface area contributed by atoms with E-state index in [2.05, 4.69) is 24.1 Å². The minimum Gasteiger partial charge on any atom is -0.477 e. The number of unbranched alkanes of at least 4 members (excludes halogenated alkanes) is 2. The number of fused-ring (bicyclic) bond motifs is 1. The molecule has 7 heteroatoms. The molecule has 1 aliphatic rings. The Hall–Kier alpha value is -2.41. The Morgan fingerprint density at radius 1 is 1.20 bits per heavy atom. The lowest BCUT2D eigenvalue weighted by Gasteiger charge is -2.22. The molecule has 1 aliphatic carbocycles. The van der Waals surface area contributed by atoms with Crippen molar-refractivity contribution < 1.29 is 14.3 Å². The highest BCUT2D eigenvalue weighted by molar-refractivity contribution is 5.93. The number of pyridine rings is 1. The third-order valence-electron chi connectivity index (χ3n) is 5.69. The summed E-state index contributed by atoms with van der Waals surface area (Å²) in [7, 11) is 0. The Morgan fingerprint density at radius 2 is 1.87 bits per heavy atom. The SMILES string of the molecule is CCCCN(CCCC)CCNc1cc2c(cc1F)c(=O)c(C(=O)O)cn2C1CC1. The van der Waals surface area contributed by atoms with Crippen molar-refractivity contribution in [3.05, 3.63) is 39.9 Å². The molecule has 1 saturated carbocycles. The number of anilines is 1. The third kappa shape index (κ3) is 5.19. The summed E-state index contributed by atoms with van der Waals surface area (Å²) >= 11 is 0. The van der Waals surface area contributed by atoms with Crippen LogP contribution in [0.2, 0.25) is 0 Å². The number of carboxylic acid groups (broad SMARTS) is 1. The second-order valence-corrected chi connectivity index (χ2v) is 8.14. The number of rotatable bonds is 12. The summed E-state index contributed by atoms with van der Waals surface area (Å²) < 4.78 is 16.6. The van der Waals surface area contributed by atoms with Crippen LogP contribution in [0, 0.1) is 5.82 Å². The summed E-state index contributed by atoms with van der Waals surface area (Å²) in [5.74, 6) is -1.81. The van der Waals surface area contributed by atoms with Crippen molar-refractivity contribution in [2.75, 3.05) is 31.5 Å². The van der Waals surface area contributed by atoms with E-state index in [1.54, 1.807) is 6.07 Å². The van der Waals surface area contributed by atoms with Crippen LogP contribution in [0.4, 0.5) is 10.1 Å². The van der Waals surface area contributed by atoms with Crippen molar-refractivity contribution in [3.8, 4) is 0 Å². The van der Waals surface area contributed by atoms with Gasteiger partial charge >= 0.3 is 5.97 Å². The van der Waals surface area contributed by atoms with Crippen LogP contribution in [0.3, 0.4) is 0 Å². The van der Waals surface area contributed by atoms with Crippen LogP contribution in [-0.2, 0) is 0 Å². The number of benzene rings is 1. The van der Waals surface area contributed by atoms with Gasteiger partial charge in [-0.2, -0.15) is 0 Å². The molecule has 2 N–H and O–H groups in total. The number of aromatic nitrogens is 1. The van der Waals surface area contributed by atoms with Gasteiger partial charge in [0.2, 0.25) is 5.43 Å². The highest BCUT2D eigenvalue weighted by Gasteiger charge is 2.27. The number of carboxylic acids is 1. The predicted molar refractivity (Wildman–Crippen MR) is 118 cm³/mol. The summed E-state index contributed by atoms with van der Waals surface area (Å²) in [6.07, 6.45) is 7.85. The molecule has 1 aromatic heterocycles. The van der Waals surface area contributed by atoms with E-state index in [1.165, 1.54) is 12.3 Å². The second kappa shape index (κ2) is 10.1. The fourth-order valence-electron chi connectivity index (χ4n) is 3.76. The normalized spacial score (nSPS) is 13.9. The average molecular weight is 418 g/mol. The van der Waals surface area contributed by atoms with E-state index in [9.17, 15) is 19.1 Å². The standard InChI is InChI=1S/C23H32FN3O3/c1-3-5-10-26(11-6-4-2)12-9-25-20-14-21-17(13-19(20)24)22(28)18(23(29)30)15-27(21)16-7-8-16/h13-16,25H,3-12H2,1-2H3,(H,29,30). The largest absolute Gasteiger partial charge is 0.477 e. The van der Waals surface area contributed by atoms with Gasteiger partial charge in [0.1, 0.15) is 11.4 Å². The number of carbonyl (C=O) groups is 1. The first-order chi connectivity index (χ1) is 14.5. The van der Waals surface area contributed by atoms with Gasteiger partial charge in [-0.05, 0) is 50.9 Å². The first-order valence-electron chi connectivity index (χ1n) is 11.0. The number of nitrogens with zero attached hydrogens (tertiary/aromatic N) is 2. The maximum absolute atomic E-state index is 14.7. The molecule has 0 spiro atoms. The number of nitrogens with one attached hydrogen (secondary N) is 1. The van der Waals surface area contributed by atoms with Gasteiger partial charge in [0, 0.05) is 30.7 Å². The minimum absolute atomic E-state index is 0.123. The molecule has 0 aliphatic heterocycles.